The fourth-order valence-electron chi connectivity index (χ4n) is 1.99. The van der Waals surface area contributed by atoms with Gasteiger partial charge in [-0.15, -0.1) is 0 Å². The molecule has 2 rings (SSSR count). The van der Waals surface area contributed by atoms with Gasteiger partial charge >= 0.3 is 6.61 Å². The van der Waals surface area contributed by atoms with Crippen LogP contribution in [0.3, 0.4) is 0 Å². The van der Waals surface area contributed by atoms with Crippen LogP contribution in [-0.2, 0) is 11.3 Å². The molecule has 0 fully saturated rings. The van der Waals surface area contributed by atoms with Crippen molar-refractivity contribution in [1.29, 1.82) is 0 Å². The molecular weight excluding hydrogens is 300 g/mol. The molecule has 1 amide bonds. The van der Waals surface area contributed by atoms with E-state index in [1.54, 1.807) is 30.2 Å². The zero-order chi connectivity index (χ0) is 16.7. The average molecular weight is 317 g/mol. The highest BCUT2D eigenvalue weighted by molar-refractivity contribution is 5.91. The van der Waals surface area contributed by atoms with Crippen LogP contribution in [0.1, 0.15) is 11.1 Å². The van der Waals surface area contributed by atoms with Crippen LogP contribution in [0.5, 0.6) is 5.75 Å². The highest BCUT2D eigenvalue weighted by Gasteiger charge is 2.06. The first-order chi connectivity index (χ1) is 11.0. The average Bonchev–Trinajstić information content (AvgIpc) is 2.54. The topological polar surface area (TPSA) is 29.5 Å². The summed E-state index contributed by atoms with van der Waals surface area (Å²) in [5.41, 5.74) is 1.78. The van der Waals surface area contributed by atoms with E-state index in [1.165, 1.54) is 18.2 Å². The molecule has 23 heavy (non-hydrogen) atoms. The third-order valence-corrected chi connectivity index (χ3v) is 3.16. The summed E-state index contributed by atoms with van der Waals surface area (Å²) in [6.45, 7) is -2.32. The van der Waals surface area contributed by atoms with Gasteiger partial charge in [-0.2, -0.15) is 8.78 Å². The summed E-state index contributed by atoms with van der Waals surface area (Å²) in [4.78, 5) is 13.6. The molecule has 2 aromatic carbocycles. The van der Waals surface area contributed by atoms with E-state index >= 15 is 0 Å². The van der Waals surface area contributed by atoms with Gasteiger partial charge in [0.1, 0.15) is 5.75 Å². The number of hydrogen-bond acceptors (Lipinski definition) is 2. The van der Waals surface area contributed by atoms with Crippen molar-refractivity contribution < 1.29 is 18.3 Å². The van der Waals surface area contributed by atoms with Crippen LogP contribution in [0.15, 0.2) is 60.7 Å². The van der Waals surface area contributed by atoms with Gasteiger partial charge in [0.15, 0.2) is 0 Å². The number of carbonyl (C=O) groups is 1. The van der Waals surface area contributed by atoms with Gasteiger partial charge in [-0.3, -0.25) is 4.79 Å². The van der Waals surface area contributed by atoms with Gasteiger partial charge in [-0.1, -0.05) is 42.5 Å². The predicted octanol–water partition coefficient (Wildman–Crippen LogP) is 3.96. The summed E-state index contributed by atoms with van der Waals surface area (Å²) in [7, 11) is 1.72. The summed E-state index contributed by atoms with van der Waals surface area (Å²) in [6.07, 6.45) is 3.09. The van der Waals surface area contributed by atoms with Gasteiger partial charge in [0.2, 0.25) is 5.91 Å². The first-order valence-electron chi connectivity index (χ1n) is 7.06. The molecule has 0 aliphatic carbocycles. The second-order valence-corrected chi connectivity index (χ2v) is 4.96. The van der Waals surface area contributed by atoms with Gasteiger partial charge in [0.05, 0.1) is 0 Å². The Labute approximate surface area is 133 Å². The Hall–Kier alpha value is -2.69. The third-order valence-electron chi connectivity index (χ3n) is 3.16. The first-order valence-corrected chi connectivity index (χ1v) is 7.06. The number of benzene rings is 2. The van der Waals surface area contributed by atoms with Gasteiger partial charge in [0, 0.05) is 19.7 Å². The molecular formula is C18H17F2NO2. The van der Waals surface area contributed by atoms with Crippen LogP contribution in [-0.4, -0.2) is 24.5 Å². The maximum Gasteiger partial charge on any atom is 0.387 e. The third kappa shape index (κ3) is 5.54. The molecule has 5 heteroatoms. The molecule has 0 aliphatic rings. The van der Waals surface area contributed by atoms with E-state index in [0.717, 1.165) is 11.1 Å². The normalized spacial score (nSPS) is 11.0. The van der Waals surface area contributed by atoms with Crippen molar-refractivity contribution in [2.24, 2.45) is 0 Å². The fraction of sp³-hybridized carbons (Fsp3) is 0.167. The summed E-state index contributed by atoms with van der Waals surface area (Å²) in [5, 5.41) is 0. The molecule has 0 spiro atoms. The van der Waals surface area contributed by atoms with E-state index in [1.807, 2.05) is 30.3 Å². The van der Waals surface area contributed by atoms with Crippen molar-refractivity contribution in [3.63, 3.8) is 0 Å². The van der Waals surface area contributed by atoms with E-state index < -0.39 is 6.61 Å². The molecule has 0 aromatic heterocycles. The number of rotatable bonds is 6. The summed E-state index contributed by atoms with van der Waals surface area (Å²) >= 11 is 0. The van der Waals surface area contributed by atoms with Crippen molar-refractivity contribution in [2.45, 2.75) is 13.2 Å². The Balaban J connectivity index is 1.92. The minimum Gasteiger partial charge on any atom is -0.435 e. The highest BCUT2D eigenvalue weighted by Crippen LogP contribution is 2.15. The van der Waals surface area contributed by atoms with E-state index in [4.69, 9.17) is 0 Å². The lowest BCUT2D eigenvalue weighted by molar-refractivity contribution is -0.125. The van der Waals surface area contributed by atoms with Crippen LogP contribution < -0.4 is 4.74 Å². The van der Waals surface area contributed by atoms with Crippen molar-refractivity contribution >= 4 is 12.0 Å². The number of carbonyl (C=O) groups excluding carboxylic acids is 1. The molecule has 0 radical (unpaired) electrons. The zero-order valence-corrected chi connectivity index (χ0v) is 12.7. The van der Waals surface area contributed by atoms with E-state index in [0.29, 0.717) is 6.54 Å². The van der Waals surface area contributed by atoms with Crippen LogP contribution in [0.4, 0.5) is 8.78 Å². The minimum atomic E-state index is -2.84. The SMILES string of the molecule is CN(Cc1ccccc1)C(=O)/C=C/c1ccc(OC(F)F)cc1. The van der Waals surface area contributed by atoms with Gasteiger partial charge < -0.3 is 9.64 Å². The summed E-state index contributed by atoms with van der Waals surface area (Å²) < 4.78 is 28.4. The zero-order valence-electron chi connectivity index (χ0n) is 12.7. The smallest absolute Gasteiger partial charge is 0.387 e. The second kappa shape index (κ2) is 8.08. The van der Waals surface area contributed by atoms with Crippen LogP contribution in [0.2, 0.25) is 0 Å². The molecule has 0 N–H and O–H groups in total. The first kappa shape index (κ1) is 16.7. The number of likely N-dealkylation sites (N-methyl/N-ethyl adjacent to an activating group) is 1. The van der Waals surface area contributed by atoms with E-state index in [-0.39, 0.29) is 11.7 Å². The van der Waals surface area contributed by atoms with Crippen molar-refractivity contribution in [3.05, 3.63) is 71.8 Å². The number of amides is 1. The number of hydrogen-bond donors (Lipinski definition) is 0. The quantitative estimate of drug-likeness (QED) is 0.755. The maximum absolute atomic E-state index is 12.1. The standard InChI is InChI=1S/C18H17F2NO2/c1-21(13-15-5-3-2-4-6-15)17(22)12-9-14-7-10-16(11-8-14)23-18(19)20/h2-12,18H,13H2,1H3/b12-9+. The molecule has 0 bridgehead atoms. The Kier molecular flexibility index (Phi) is 5.86. The molecule has 0 atom stereocenters. The Morgan fingerprint density at radius 1 is 1.13 bits per heavy atom. The lowest BCUT2D eigenvalue weighted by Gasteiger charge is -2.15. The number of alkyl halides is 2. The van der Waals surface area contributed by atoms with Crippen molar-refractivity contribution in [1.82, 2.24) is 4.90 Å². The Bertz CT molecular complexity index is 654. The molecule has 0 aliphatic heterocycles. The molecule has 120 valence electrons. The summed E-state index contributed by atoms with van der Waals surface area (Å²) in [6, 6.07) is 15.8. The monoisotopic (exact) mass is 317 g/mol. The van der Waals surface area contributed by atoms with Gasteiger partial charge in [-0.05, 0) is 29.3 Å². The number of halogens is 2. The largest absolute Gasteiger partial charge is 0.435 e. The molecule has 0 heterocycles. The number of ether oxygens (including phenoxy) is 1. The highest BCUT2D eigenvalue weighted by atomic mass is 19.3. The predicted molar refractivity (Wildman–Crippen MR) is 85.0 cm³/mol. The molecule has 3 nitrogen and oxygen atoms in total. The Morgan fingerprint density at radius 2 is 1.78 bits per heavy atom. The molecule has 2 aromatic rings. The second-order valence-electron chi connectivity index (χ2n) is 4.96. The van der Waals surface area contributed by atoms with E-state index in [9.17, 15) is 13.6 Å². The van der Waals surface area contributed by atoms with Crippen LogP contribution in [0, 0.1) is 0 Å². The lowest BCUT2D eigenvalue weighted by Crippen LogP contribution is -2.23. The lowest BCUT2D eigenvalue weighted by atomic mass is 10.2. The molecule has 0 saturated carbocycles. The van der Waals surface area contributed by atoms with E-state index in [2.05, 4.69) is 4.74 Å². The van der Waals surface area contributed by atoms with Crippen molar-refractivity contribution in [2.75, 3.05) is 7.05 Å². The Morgan fingerprint density at radius 3 is 2.39 bits per heavy atom. The van der Waals surface area contributed by atoms with Crippen molar-refractivity contribution in [3.8, 4) is 5.75 Å². The van der Waals surface area contributed by atoms with Crippen LogP contribution in [0.25, 0.3) is 6.08 Å². The fourth-order valence-corrected chi connectivity index (χ4v) is 1.99. The molecule has 0 unspecified atom stereocenters. The molecule has 0 saturated heterocycles. The van der Waals surface area contributed by atoms with Gasteiger partial charge in [0.25, 0.3) is 0 Å². The maximum atomic E-state index is 12.1. The number of nitrogens with zero attached hydrogens (tertiary/aromatic N) is 1. The van der Waals surface area contributed by atoms with Crippen LogP contribution >= 0.6 is 0 Å². The summed E-state index contributed by atoms with van der Waals surface area (Å²) in [5.74, 6) is -0.0496. The van der Waals surface area contributed by atoms with Gasteiger partial charge in [-0.25, -0.2) is 0 Å². The minimum absolute atomic E-state index is 0.0877.